The molecule has 0 saturated heterocycles. The number of hydrogen-bond donors (Lipinski definition) is 1. The molecule has 5 nitrogen and oxygen atoms in total. The van der Waals surface area contributed by atoms with Gasteiger partial charge < -0.3 is 10.1 Å². The number of nitrogens with zero attached hydrogens (tertiary/aromatic N) is 2. The standard InChI is InChI=1S/C17H21N3O2/c1-20-16(7-8-18-20)15(11-22-2)19-17(21)14-9-12-5-3-4-6-13(12)10-14/h3-8,14-15H,9-11H2,1-2H3,(H,19,21)/t15-/m1/s1. The highest BCUT2D eigenvalue weighted by Gasteiger charge is 2.29. The number of amides is 1. The molecule has 116 valence electrons. The Bertz CT molecular complexity index is 640. The van der Waals surface area contributed by atoms with E-state index in [-0.39, 0.29) is 17.9 Å². The van der Waals surface area contributed by atoms with Crippen molar-refractivity contribution in [3.8, 4) is 0 Å². The van der Waals surface area contributed by atoms with Crippen molar-refractivity contribution in [2.45, 2.75) is 18.9 Å². The van der Waals surface area contributed by atoms with E-state index in [1.807, 2.05) is 25.2 Å². The number of rotatable bonds is 5. The van der Waals surface area contributed by atoms with Gasteiger partial charge in [-0.25, -0.2) is 0 Å². The van der Waals surface area contributed by atoms with Crippen molar-refractivity contribution in [2.24, 2.45) is 13.0 Å². The molecule has 0 aliphatic heterocycles. The molecule has 0 radical (unpaired) electrons. The molecular formula is C17H21N3O2. The lowest BCUT2D eigenvalue weighted by atomic mass is 10.0. The van der Waals surface area contributed by atoms with Crippen LogP contribution in [-0.4, -0.2) is 29.4 Å². The van der Waals surface area contributed by atoms with Crippen molar-refractivity contribution >= 4 is 5.91 Å². The summed E-state index contributed by atoms with van der Waals surface area (Å²) in [7, 11) is 3.51. The number of fused-ring (bicyclic) bond motifs is 1. The molecule has 0 fully saturated rings. The highest BCUT2D eigenvalue weighted by molar-refractivity contribution is 5.80. The predicted molar refractivity (Wildman–Crippen MR) is 83.3 cm³/mol. The fourth-order valence-electron chi connectivity index (χ4n) is 3.13. The van der Waals surface area contributed by atoms with E-state index in [4.69, 9.17) is 4.74 Å². The van der Waals surface area contributed by atoms with E-state index in [2.05, 4.69) is 22.5 Å². The average molecular weight is 299 g/mol. The van der Waals surface area contributed by atoms with Gasteiger partial charge in [0.2, 0.25) is 5.91 Å². The molecule has 22 heavy (non-hydrogen) atoms. The highest BCUT2D eigenvalue weighted by Crippen LogP contribution is 2.27. The van der Waals surface area contributed by atoms with Gasteiger partial charge >= 0.3 is 0 Å². The zero-order valence-corrected chi connectivity index (χ0v) is 13.0. The fourth-order valence-corrected chi connectivity index (χ4v) is 3.13. The van der Waals surface area contributed by atoms with Crippen LogP contribution in [-0.2, 0) is 29.4 Å². The fraction of sp³-hybridized carbons (Fsp3) is 0.412. The van der Waals surface area contributed by atoms with Gasteiger partial charge in [0.05, 0.1) is 18.3 Å². The van der Waals surface area contributed by atoms with Crippen LogP contribution in [0.3, 0.4) is 0 Å². The minimum Gasteiger partial charge on any atom is -0.382 e. The van der Waals surface area contributed by atoms with E-state index in [1.54, 1.807) is 18.0 Å². The SMILES string of the molecule is COC[C@@H](NC(=O)C1Cc2ccccc2C1)c1ccnn1C. The van der Waals surface area contributed by atoms with E-state index < -0.39 is 0 Å². The summed E-state index contributed by atoms with van der Waals surface area (Å²) in [5, 5.41) is 7.28. The first-order valence-corrected chi connectivity index (χ1v) is 7.53. The van der Waals surface area contributed by atoms with Gasteiger partial charge in [-0.3, -0.25) is 9.48 Å². The molecule has 1 amide bonds. The summed E-state index contributed by atoms with van der Waals surface area (Å²) >= 11 is 0. The summed E-state index contributed by atoms with van der Waals surface area (Å²) in [5.41, 5.74) is 3.52. The monoisotopic (exact) mass is 299 g/mol. The molecule has 0 unspecified atom stereocenters. The topological polar surface area (TPSA) is 56.1 Å². The summed E-state index contributed by atoms with van der Waals surface area (Å²) in [6.45, 7) is 0.435. The van der Waals surface area contributed by atoms with Crippen LogP contribution >= 0.6 is 0 Å². The third kappa shape index (κ3) is 2.90. The molecule has 1 N–H and O–H groups in total. The molecule has 2 aromatic rings. The Labute approximate surface area is 130 Å². The normalized spacial score (nSPS) is 15.5. The van der Waals surface area contributed by atoms with Crippen LogP contribution in [0.5, 0.6) is 0 Å². The zero-order valence-electron chi connectivity index (χ0n) is 13.0. The smallest absolute Gasteiger partial charge is 0.224 e. The van der Waals surface area contributed by atoms with Gasteiger partial charge in [0.1, 0.15) is 0 Å². The zero-order chi connectivity index (χ0) is 15.5. The number of aryl methyl sites for hydroxylation is 1. The quantitative estimate of drug-likeness (QED) is 0.913. The first-order valence-electron chi connectivity index (χ1n) is 7.53. The van der Waals surface area contributed by atoms with Crippen molar-refractivity contribution in [3.05, 3.63) is 53.3 Å². The average Bonchev–Trinajstić information content (AvgIpc) is 3.12. The Morgan fingerprint density at radius 2 is 2.05 bits per heavy atom. The van der Waals surface area contributed by atoms with E-state index >= 15 is 0 Å². The molecule has 1 aliphatic rings. The number of nitrogens with one attached hydrogen (secondary N) is 1. The van der Waals surface area contributed by atoms with Crippen LogP contribution in [0.15, 0.2) is 36.5 Å². The second kappa shape index (κ2) is 6.32. The molecule has 1 aromatic heterocycles. The Hall–Kier alpha value is -2.14. The Morgan fingerprint density at radius 1 is 1.36 bits per heavy atom. The molecule has 0 bridgehead atoms. The van der Waals surface area contributed by atoms with Crippen molar-refractivity contribution in [2.75, 3.05) is 13.7 Å². The Morgan fingerprint density at radius 3 is 2.59 bits per heavy atom. The van der Waals surface area contributed by atoms with Gasteiger partial charge in [-0.1, -0.05) is 24.3 Å². The van der Waals surface area contributed by atoms with Crippen LogP contribution in [0.25, 0.3) is 0 Å². The predicted octanol–water partition coefficient (Wildman–Crippen LogP) is 1.64. The summed E-state index contributed by atoms with van der Waals surface area (Å²) in [5.74, 6) is 0.0874. The summed E-state index contributed by atoms with van der Waals surface area (Å²) < 4.78 is 7.02. The molecule has 3 rings (SSSR count). The van der Waals surface area contributed by atoms with Gasteiger partial charge in [-0.2, -0.15) is 5.10 Å². The van der Waals surface area contributed by atoms with Gasteiger partial charge in [0, 0.05) is 26.3 Å². The van der Waals surface area contributed by atoms with Gasteiger partial charge in [-0.15, -0.1) is 0 Å². The summed E-state index contributed by atoms with van der Waals surface area (Å²) in [6.07, 6.45) is 3.36. The number of hydrogen-bond acceptors (Lipinski definition) is 3. The van der Waals surface area contributed by atoms with Crippen molar-refractivity contribution < 1.29 is 9.53 Å². The second-order valence-electron chi connectivity index (χ2n) is 5.77. The number of carbonyl (C=O) groups is 1. The number of aromatic nitrogens is 2. The first kappa shape index (κ1) is 14.8. The minimum atomic E-state index is -0.172. The first-order chi connectivity index (χ1) is 10.7. The van der Waals surface area contributed by atoms with Crippen LogP contribution in [0.4, 0.5) is 0 Å². The van der Waals surface area contributed by atoms with Gasteiger partial charge in [0.15, 0.2) is 0 Å². The number of carbonyl (C=O) groups excluding carboxylic acids is 1. The lowest BCUT2D eigenvalue weighted by Gasteiger charge is -2.20. The van der Waals surface area contributed by atoms with Crippen molar-refractivity contribution in [1.29, 1.82) is 0 Å². The van der Waals surface area contributed by atoms with Crippen LogP contribution in [0.2, 0.25) is 0 Å². The van der Waals surface area contributed by atoms with Gasteiger partial charge in [-0.05, 0) is 30.0 Å². The highest BCUT2D eigenvalue weighted by atomic mass is 16.5. The molecule has 1 atom stereocenters. The minimum absolute atomic E-state index is 0.00461. The maximum absolute atomic E-state index is 12.6. The summed E-state index contributed by atoms with van der Waals surface area (Å²) in [4.78, 5) is 12.6. The van der Waals surface area contributed by atoms with Gasteiger partial charge in [0.25, 0.3) is 0 Å². The Kier molecular flexibility index (Phi) is 4.24. The van der Waals surface area contributed by atoms with E-state index in [9.17, 15) is 4.79 Å². The number of methoxy groups -OCH3 is 1. The molecule has 0 saturated carbocycles. The molecule has 1 aromatic carbocycles. The molecule has 1 aliphatic carbocycles. The molecule has 5 heteroatoms. The van der Waals surface area contributed by atoms with Crippen molar-refractivity contribution in [1.82, 2.24) is 15.1 Å². The van der Waals surface area contributed by atoms with E-state index in [1.165, 1.54) is 11.1 Å². The number of ether oxygens (including phenoxy) is 1. The lowest BCUT2D eigenvalue weighted by Crippen LogP contribution is -2.37. The van der Waals surface area contributed by atoms with Crippen LogP contribution in [0.1, 0.15) is 22.9 Å². The lowest BCUT2D eigenvalue weighted by molar-refractivity contribution is -0.125. The largest absolute Gasteiger partial charge is 0.382 e. The van der Waals surface area contributed by atoms with E-state index in [0.717, 1.165) is 18.5 Å². The second-order valence-corrected chi connectivity index (χ2v) is 5.77. The summed E-state index contributed by atoms with van der Waals surface area (Å²) in [6, 6.07) is 10.0. The molecule has 1 heterocycles. The Balaban J connectivity index is 1.69. The molecule has 0 spiro atoms. The third-order valence-electron chi connectivity index (χ3n) is 4.29. The molecular weight excluding hydrogens is 278 g/mol. The van der Waals surface area contributed by atoms with Crippen LogP contribution < -0.4 is 5.32 Å². The number of benzene rings is 1. The maximum atomic E-state index is 12.6. The maximum Gasteiger partial charge on any atom is 0.224 e. The van der Waals surface area contributed by atoms with Crippen molar-refractivity contribution in [3.63, 3.8) is 0 Å². The van der Waals surface area contributed by atoms with E-state index in [0.29, 0.717) is 6.61 Å². The van der Waals surface area contributed by atoms with Crippen LogP contribution in [0, 0.1) is 5.92 Å². The third-order valence-corrected chi connectivity index (χ3v) is 4.29.